The highest BCUT2D eigenvalue weighted by atomic mass is 32.2. The van der Waals surface area contributed by atoms with Crippen LogP contribution in [0.4, 0.5) is 8.78 Å². The molecule has 1 fully saturated rings. The van der Waals surface area contributed by atoms with Crippen molar-refractivity contribution >= 4 is 32.1 Å². The molecule has 1 aliphatic rings. The van der Waals surface area contributed by atoms with E-state index in [-0.39, 0.29) is 18.4 Å². The molecule has 2 atom stereocenters. The largest absolute Gasteiger partial charge is 0.459 e. The van der Waals surface area contributed by atoms with Gasteiger partial charge in [0.15, 0.2) is 10.9 Å². The summed E-state index contributed by atoms with van der Waals surface area (Å²) in [4.78, 5) is 16.3. The van der Waals surface area contributed by atoms with Gasteiger partial charge in [-0.05, 0) is 25.8 Å². The third-order valence-electron chi connectivity index (χ3n) is 3.71. The topological polar surface area (TPSA) is 54.6 Å². The third kappa shape index (κ3) is 4.57. The number of nitrogens with zero attached hydrogens (tertiary/aromatic N) is 1. The lowest BCUT2D eigenvalue weighted by Gasteiger charge is -2.22. The van der Waals surface area contributed by atoms with Crippen LogP contribution < -0.4 is 5.32 Å². The number of amides is 1. The number of rotatable bonds is 4. The van der Waals surface area contributed by atoms with E-state index in [1.807, 2.05) is 34.6 Å². The number of alkyl halides is 2. The minimum Gasteiger partial charge on any atom is -0.459 e. The monoisotopic (exact) mass is 378 g/mol. The van der Waals surface area contributed by atoms with Crippen molar-refractivity contribution in [1.29, 1.82) is 0 Å². The van der Waals surface area contributed by atoms with E-state index in [9.17, 15) is 13.6 Å². The number of hydrogen-bond acceptors (Lipinski definition) is 4. The SMILES string of the molecule is CC.Cc1cc(CN=C2NC(=O)C(C)(C(C)C)S2)c(C(F)(F)P)o1. The summed E-state index contributed by atoms with van der Waals surface area (Å²) in [5.41, 5.74) is -2.82. The van der Waals surface area contributed by atoms with Gasteiger partial charge in [-0.15, -0.1) is 0 Å². The molecular formula is C16H25F2N2O2PS. The molecule has 2 unspecified atom stereocenters. The van der Waals surface area contributed by atoms with E-state index >= 15 is 0 Å². The van der Waals surface area contributed by atoms with Crippen molar-refractivity contribution in [3.8, 4) is 0 Å². The van der Waals surface area contributed by atoms with Crippen LogP contribution in [0, 0.1) is 12.8 Å². The molecule has 2 heterocycles. The second kappa shape index (κ2) is 7.96. The lowest BCUT2D eigenvalue weighted by Crippen LogP contribution is -2.38. The van der Waals surface area contributed by atoms with Gasteiger partial charge in [0.2, 0.25) is 5.91 Å². The molecule has 8 heteroatoms. The van der Waals surface area contributed by atoms with Crippen LogP contribution in [0.5, 0.6) is 0 Å². The van der Waals surface area contributed by atoms with E-state index in [0.717, 1.165) is 0 Å². The van der Waals surface area contributed by atoms with Crippen LogP contribution in [0.15, 0.2) is 15.5 Å². The Morgan fingerprint density at radius 2 is 2.04 bits per heavy atom. The highest BCUT2D eigenvalue weighted by Gasteiger charge is 2.45. The van der Waals surface area contributed by atoms with Crippen LogP contribution in [0.25, 0.3) is 0 Å². The molecule has 1 amide bonds. The fourth-order valence-corrected chi connectivity index (χ4v) is 3.37. The molecule has 136 valence electrons. The zero-order valence-corrected chi connectivity index (χ0v) is 16.8. The molecule has 1 aliphatic heterocycles. The molecule has 0 aromatic carbocycles. The van der Waals surface area contributed by atoms with Gasteiger partial charge in [-0.3, -0.25) is 9.79 Å². The summed E-state index contributed by atoms with van der Waals surface area (Å²) in [6.45, 7) is 11.4. The van der Waals surface area contributed by atoms with Crippen molar-refractivity contribution < 1.29 is 18.0 Å². The molecule has 0 bridgehead atoms. The number of carbonyl (C=O) groups is 1. The molecule has 0 aliphatic carbocycles. The van der Waals surface area contributed by atoms with Gasteiger partial charge in [0.1, 0.15) is 10.5 Å². The first kappa shape index (κ1) is 21.1. The van der Waals surface area contributed by atoms with E-state index in [0.29, 0.717) is 16.5 Å². The molecule has 2 rings (SSSR count). The minimum atomic E-state index is -3.14. The standard InChI is InChI=1S/C14H19F2N2O2PS.C2H6/c1-7(2)13(4)11(19)18-12(22-13)17-6-9-5-8(3)20-10(9)14(15,16)21;1-2/h5,7H,6,21H2,1-4H3,(H,17,18,19);1-2H3. The number of carbonyl (C=O) groups excluding carboxylic acids is 1. The Morgan fingerprint density at radius 3 is 2.50 bits per heavy atom. The quantitative estimate of drug-likeness (QED) is 0.775. The van der Waals surface area contributed by atoms with Gasteiger partial charge in [0.25, 0.3) is 0 Å². The molecule has 1 N–H and O–H groups in total. The highest BCUT2D eigenvalue weighted by Crippen LogP contribution is 2.40. The first-order chi connectivity index (χ1) is 11.0. The van der Waals surface area contributed by atoms with Gasteiger partial charge in [-0.1, -0.05) is 48.7 Å². The van der Waals surface area contributed by atoms with Crippen molar-refractivity contribution in [2.24, 2.45) is 10.9 Å². The summed E-state index contributed by atoms with van der Waals surface area (Å²) in [6.07, 6.45) is 0. The summed E-state index contributed by atoms with van der Waals surface area (Å²) in [5.74, 6) is 0.0299. The second-order valence-electron chi connectivity index (χ2n) is 5.77. The van der Waals surface area contributed by atoms with Crippen molar-refractivity contribution in [3.63, 3.8) is 0 Å². The molecular weight excluding hydrogens is 353 g/mol. The number of nitrogens with one attached hydrogen (secondary N) is 1. The molecule has 1 saturated heterocycles. The van der Waals surface area contributed by atoms with Crippen LogP contribution in [0.2, 0.25) is 0 Å². The van der Waals surface area contributed by atoms with E-state index in [2.05, 4.69) is 10.3 Å². The Labute approximate surface area is 148 Å². The van der Waals surface area contributed by atoms with Crippen LogP contribution in [-0.4, -0.2) is 15.8 Å². The zero-order valence-electron chi connectivity index (χ0n) is 14.9. The lowest BCUT2D eigenvalue weighted by molar-refractivity contribution is -0.122. The normalized spacial score (nSPS) is 22.6. The number of aryl methyl sites for hydroxylation is 1. The molecule has 0 saturated carbocycles. The van der Waals surface area contributed by atoms with E-state index in [4.69, 9.17) is 4.42 Å². The van der Waals surface area contributed by atoms with E-state index in [1.54, 1.807) is 13.0 Å². The Kier molecular flexibility index (Phi) is 7.00. The van der Waals surface area contributed by atoms with Crippen LogP contribution in [0.3, 0.4) is 0 Å². The van der Waals surface area contributed by atoms with Crippen molar-refractivity contribution in [2.75, 3.05) is 0 Å². The fraction of sp³-hybridized carbons (Fsp3) is 0.625. The van der Waals surface area contributed by atoms with Crippen molar-refractivity contribution in [2.45, 2.75) is 58.5 Å². The summed E-state index contributed by atoms with van der Waals surface area (Å²) in [5, 5.41) is 3.17. The average molecular weight is 378 g/mol. The summed E-state index contributed by atoms with van der Waals surface area (Å²) >= 11 is 1.33. The van der Waals surface area contributed by atoms with Crippen LogP contribution in [0.1, 0.15) is 51.7 Å². The lowest BCUT2D eigenvalue weighted by atomic mass is 9.96. The summed E-state index contributed by atoms with van der Waals surface area (Å²) in [7, 11) is 1.46. The zero-order chi connectivity index (χ0) is 18.7. The number of halogens is 2. The molecule has 24 heavy (non-hydrogen) atoms. The highest BCUT2D eigenvalue weighted by molar-refractivity contribution is 8.16. The van der Waals surface area contributed by atoms with Gasteiger partial charge >= 0.3 is 5.66 Å². The number of hydrogen-bond donors (Lipinski definition) is 1. The Hall–Kier alpha value is -0.940. The van der Waals surface area contributed by atoms with Gasteiger partial charge in [0.05, 0.1) is 6.54 Å². The molecule has 1 aromatic heterocycles. The van der Waals surface area contributed by atoms with E-state index < -0.39 is 16.2 Å². The van der Waals surface area contributed by atoms with Gasteiger partial charge in [-0.25, -0.2) is 0 Å². The molecule has 0 spiro atoms. The van der Waals surface area contributed by atoms with Crippen molar-refractivity contribution in [3.05, 3.63) is 23.2 Å². The van der Waals surface area contributed by atoms with Gasteiger partial charge in [-0.2, -0.15) is 8.78 Å². The van der Waals surface area contributed by atoms with Gasteiger partial charge in [0, 0.05) is 5.56 Å². The first-order valence-electron chi connectivity index (χ1n) is 7.85. The molecule has 1 aromatic rings. The second-order valence-corrected chi connectivity index (χ2v) is 7.94. The minimum absolute atomic E-state index is 0.0352. The smallest absolute Gasteiger partial charge is 0.315 e. The van der Waals surface area contributed by atoms with Crippen LogP contribution in [-0.2, 0) is 17.0 Å². The molecule has 4 nitrogen and oxygen atoms in total. The average Bonchev–Trinajstić information content (AvgIpc) is 3.00. The Morgan fingerprint density at radius 1 is 1.46 bits per heavy atom. The van der Waals surface area contributed by atoms with Crippen molar-refractivity contribution in [1.82, 2.24) is 5.32 Å². The maximum Gasteiger partial charge on any atom is 0.315 e. The fourth-order valence-electron chi connectivity index (χ4n) is 2.07. The molecule has 0 radical (unpaired) electrons. The number of furan rings is 1. The Bertz CT molecular complexity index is 626. The number of thioether (sulfide) groups is 1. The summed E-state index contributed by atoms with van der Waals surface area (Å²) in [6, 6.07) is 1.54. The maximum atomic E-state index is 13.5. The predicted molar refractivity (Wildman–Crippen MR) is 98.5 cm³/mol. The third-order valence-corrected chi connectivity index (χ3v) is 5.48. The van der Waals surface area contributed by atoms with Crippen LogP contribution >= 0.6 is 21.0 Å². The Balaban J connectivity index is 0.00000139. The first-order valence-corrected chi connectivity index (χ1v) is 9.25. The predicted octanol–water partition coefficient (Wildman–Crippen LogP) is 4.67. The maximum absolute atomic E-state index is 13.5. The van der Waals surface area contributed by atoms with Gasteiger partial charge < -0.3 is 9.73 Å². The number of aliphatic imine (C=N–C) groups is 1. The van der Waals surface area contributed by atoms with E-state index in [1.165, 1.54) is 21.0 Å². The summed E-state index contributed by atoms with van der Waals surface area (Å²) < 4.78 is 31.4. The number of amidine groups is 1.